The van der Waals surface area contributed by atoms with Crippen LogP contribution in [0.5, 0.6) is 0 Å². The second-order valence-corrected chi connectivity index (χ2v) is 9.05. The van der Waals surface area contributed by atoms with E-state index in [0.29, 0.717) is 44.1 Å². The molecule has 2 aliphatic rings. The van der Waals surface area contributed by atoms with E-state index in [2.05, 4.69) is 28.7 Å². The van der Waals surface area contributed by atoms with Gasteiger partial charge < -0.3 is 19.9 Å². The first-order valence-electron chi connectivity index (χ1n) is 11.3. The van der Waals surface area contributed by atoms with E-state index >= 15 is 0 Å². The molecular formula is C23H33N5O3. The van der Waals surface area contributed by atoms with Gasteiger partial charge in [0.05, 0.1) is 17.1 Å². The highest BCUT2D eigenvalue weighted by molar-refractivity contribution is 5.97. The standard InChI is InChI=1S/C23H33N5O3/c1-15(2)22-24-18-5-4-17(14-19(18)25-22)23(31)28-8-6-20(21(30)7-9-28)27-12-10-26(11-13-27)16(3)29/h4-5,14-15,20-21,30H,6-13H2,1-3H3,(H,24,25)/t20-,21-/m0/s1. The van der Waals surface area contributed by atoms with Crippen LogP contribution in [0.15, 0.2) is 18.2 Å². The molecule has 8 nitrogen and oxygen atoms in total. The predicted molar refractivity (Wildman–Crippen MR) is 119 cm³/mol. The molecule has 0 aliphatic carbocycles. The van der Waals surface area contributed by atoms with Crippen LogP contribution in [0.2, 0.25) is 0 Å². The minimum atomic E-state index is -0.467. The van der Waals surface area contributed by atoms with Gasteiger partial charge in [0.15, 0.2) is 0 Å². The lowest BCUT2D eigenvalue weighted by Gasteiger charge is -2.40. The summed E-state index contributed by atoms with van der Waals surface area (Å²) in [5, 5.41) is 10.8. The number of aromatic nitrogens is 2. The van der Waals surface area contributed by atoms with E-state index in [4.69, 9.17) is 0 Å². The number of imidazole rings is 1. The first-order chi connectivity index (χ1) is 14.8. The number of nitrogens with zero attached hydrogens (tertiary/aromatic N) is 4. The number of H-pyrrole nitrogens is 1. The molecule has 31 heavy (non-hydrogen) atoms. The van der Waals surface area contributed by atoms with Crippen molar-refractivity contribution in [3.8, 4) is 0 Å². The summed E-state index contributed by atoms with van der Waals surface area (Å²) in [6, 6.07) is 5.65. The van der Waals surface area contributed by atoms with Crippen molar-refractivity contribution in [2.24, 2.45) is 0 Å². The number of hydrogen-bond acceptors (Lipinski definition) is 5. The van der Waals surface area contributed by atoms with Crippen LogP contribution in [-0.4, -0.2) is 93.0 Å². The van der Waals surface area contributed by atoms with Gasteiger partial charge in [-0.25, -0.2) is 4.98 Å². The number of nitrogens with one attached hydrogen (secondary N) is 1. The van der Waals surface area contributed by atoms with Crippen molar-refractivity contribution in [1.29, 1.82) is 0 Å². The van der Waals surface area contributed by atoms with Crippen LogP contribution in [0.25, 0.3) is 11.0 Å². The number of piperazine rings is 1. The highest BCUT2D eigenvalue weighted by Crippen LogP contribution is 2.23. The third kappa shape index (κ3) is 4.60. The molecule has 3 heterocycles. The minimum Gasteiger partial charge on any atom is -0.391 e. The largest absolute Gasteiger partial charge is 0.391 e. The molecule has 0 saturated carbocycles. The summed E-state index contributed by atoms with van der Waals surface area (Å²) in [7, 11) is 0. The summed E-state index contributed by atoms with van der Waals surface area (Å²) in [6.45, 7) is 9.87. The lowest BCUT2D eigenvalue weighted by Crippen LogP contribution is -2.54. The molecule has 2 fully saturated rings. The van der Waals surface area contributed by atoms with Gasteiger partial charge in [-0.3, -0.25) is 14.5 Å². The molecule has 0 spiro atoms. The monoisotopic (exact) mass is 427 g/mol. The fourth-order valence-corrected chi connectivity index (χ4v) is 4.69. The van der Waals surface area contributed by atoms with Crippen molar-refractivity contribution in [2.45, 2.75) is 51.7 Å². The van der Waals surface area contributed by atoms with Crippen LogP contribution >= 0.6 is 0 Å². The highest BCUT2D eigenvalue weighted by atomic mass is 16.3. The van der Waals surface area contributed by atoms with E-state index in [9.17, 15) is 14.7 Å². The molecular weight excluding hydrogens is 394 g/mol. The Morgan fingerprint density at radius 3 is 2.45 bits per heavy atom. The molecule has 4 rings (SSSR count). The van der Waals surface area contributed by atoms with E-state index in [1.54, 1.807) is 6.92 Å². The summed E-state index contributed by atoms with van der Waals surface area (Å²) in [5.74, 6) is 1.32. The maximum absolute atomic E-state index is 13.2. The Labute approximate surface area is 183 Å². The van der Waals surface area contributed by atoms with Crippen molar-refractivity contribution in [2.75, 3.05) is 39.3 Å². The van der Waals surface area contributed by atoms with Crippen LogP contribution in [0, 0.1) is 0 Å². The molecule has 2 saturated heterocycles. The van der Waals surface area contributed by atoms with Crippen molar-refractivity contribution in [1.82, 2.24) is 24.7 Å². The van der Waals surface area contributed by atoms with Gasteiger partial charge in [0.2, 0.25) is 5.91 Å². The zero-order chi connectivity index (χ0) is 22.1. The predicted octanol–water partition coefficient (Wildman–Crippen LogP) is 1.82. The van der Waals surface area contributed by atoms with Crippen LogP contribution in [0.4, 0.5) is 0 Å². The van der Waals surface area contributed by atoms with Gasteiger partial charge in [-0.2, -0.15) is 0 Å². The smallest absolute Gasteiger partial charge is 0.253 e. The molecule has 2 atom stereocenters. The Balaban J connectivity index is 1.42. The number of hydrogen-bond donors (Lipinski definition) is 2. The number of benzene rings is 1. The summed E-state index contributed by atoms with van der Waals surface area (Å²) >= 11 is 0. The van der Waals surface area contributed by atoms with Gasteiger partial charge in [0, 0.05) is 63.7 Å². The van der Waals surface area contributed by atoms with Crippen LogP contribution < -0.4 is 0 Å². The van der Waals surface area contributed by atoms with Crippen LogP contribution in [-0.2, 0) is 4.79 Å². The minimum absolute atomic E-state index is 0.00292. The van der Waals surface area contributed by atoms with E-state index in [-0.39, 0.29) is 17.9 Å². The average molecular weight is 428 g/mol. The van der Waals surface area contributed by atoms with Crippen molar-refractivity contribution >= 4 is 22.8 Å². The number of amides is 2. The second kappa shape index (κ2) is 8.96. The lowest BCUT2D eigenvalue weighted by atomic mass is 10.0. The summed E-state index contributed by atoms with van der Waals surface area (Å²) < 4.78 is 0. The zero-order valence-electron chi connectivity index (χ0n) is 18.7. The molecule has 0 bridgehead atoms. The summed E-state index contributed by atoms with van der Waals surface area (Å²) in [4.78, 5) is 38.7. The molecule has 2 aromatic rings. The van der Waals surface area contributed by atoms with Crippen LogP contribution in [0.3, 0.4) is 0 Å². The number of carbonyl (C=O) groups excluding carboxylic acids is 2. The molecule has 2 amide bonds. The van der Waals surface area contributed by atoms with Gasteiger partial charge in [0.1, 0.15) is 5.82 Å². The summed E-state index contributed by atoms with van der Waals surface area (Å²) in [5.41, 5.74) is 2.40. The first-order valence-corrected chi connectivity index (χ1v) is 11.3. The van der Waals surface area contributed by atoms with E-state index in [1.807, 2.05) is 28.0 Å². The maximum Gasteiger partial charge on any atom is 0.253 e. The number of aromatic amines is 1. The lowest BCUT2D eigenvalue weighted by molar-refractivity contribution is -0.131. The SMILES string of the molecule is CC(=O)N1CCN([C@H]2CCN(C(=O)c3ccc4nc(C(C)C)[nH]c4c3)CC[C@@H]2O)CC1. The maximum atomic E-state index is 13.2. The quantitative estimate of drug-likeness (QED) is 0.780. The topological polar surface area (TPSA) is 92.8 Å². The Bertz CT molecular complexity index is 948. The van der Waals surface area contributed by atoms with E-state index in [1.165, 1.54) is 0 Å². The Hall–Kier alpha value is -2.45. The molecule has 0 unspecified atom stereocenters. The van der Waals surface area contributed by atoms with Crippen molar-refractivity contribution in [3.05, 3.63) is 29.6 Å². The van der Waals surface area contributed by atoms with Gasteiger partial charge in [-0.1, -0.05) is 13.8 Å². The van der Waals surface area contributed by atoms with Crippen LogP contribution in [0.1, 0.15) is 55.7 Å². The van der Waals surface area contributed by atoms with E-state index in [0.717, 1.165) is 36.4 Å². The van der Waals surface area contributed by atoms with Crippen molar-refractivity contribution in [3.63, 3.8) is 0 Å². The molecule has 8 heteroatoms. The first kappa shape index (κ1) is 21.8. The molecule has 168 valence electrons. The van der Waals surface area contributed by atoms with Gasteiger partial charge in [-0.05, 0) is 31.0 Å². The Morgan fingerprint density at radius 2 is 1.77 bits per heavy atom. The van der Waals surface area contributed by atoms with Gasteiger partial charge in [0.25, 0.3) is 5.91 Å². The number of fused-ring (bicyclic) bond motifs is 1. The highest BCUT2D eigenvalue weighted by Gasteiger charge is 2.33. The normalized spacial score (nSPS) is 23.4. The molecule has 1 aromatic carbocycles. The summed E-state index contributed by atoms with van der Waals surface area (Å²) in [6.07, 6.45) is 0.828. The average Bonchev–Trinajstić information content (AvgIpc) is 3.10. The zero-order valence-corrected chi connectivity index (χ0v) is 18.7. The number of aliphatic hydroxyl groups is 1. The third-order valence-corrected chi connectivity index (χ3v) is 6.64. The number of aliphatic hydroxyl groups excluding tert-OH is 1. The fourth-order valence-electron chi connectivity index (χ4n) is 4.69. The Morgan fingerprint density at radius 1 is 1.06 bits per heavy atom. The number of rotatable bonds is 3. The van der Waals surface area contributed by atoms with Gasteiger partial charge >= 0.3 is 0 Å². The van der Waals surface area contributed by atoms with Crippen molar-refractivity contribution < 1.29 is 14.7 Å². The molecule has 1 aromatic heterocycles. The molecule has 2 N–H and O–H groups in total. The third-order valence-electron chi connectivity index (χ3n) is 6.64. The molecule has 2 aliphatic heterocycles. The van der Waals surface area contributed by atoms with Gasteiger partial charge in [-0.15, -0.1) is 0 Å². The second-order valence-electron chi connectivity index (χ2n) is 9.05. The van der Waals surface area contributed by atoms with E-state index < -0.39 is 6.10 Å². The molecule has 0 radical (unpaired) electrons. The number of carbonyl (C=O) groups is 2. The fraction of sp³-hybridized carbons (Fsp3) is 0.609. The Kier molecular flexibility index (Phi) is 6.29. The number of likely N-dealkylation sites (tertiary alicyclic amines) is 1.